The fourth-order valence-corrected chi connectivity index (χ4v) is 4.61. The van der Waals surface area contributed by atoms with Crippen molar-refractivity contribution >= 4 is 15.9 Å². The molecule has 1 fully saturated rings. The Balaban J connectivity index is 1.93. The van der Waals surface area contributed by atoms with E-state index in [9.17, 15) is 26.4 Å². The molecule has 158 valence electrons. The van der Waals surface area contributed by atoms with E-state index in [1.165, 1.54) is 11.4 Å². The molecule has 2 rings (SSSR count). The second-order valence-corrected chi connectivity index (χ2v) is 8.77. The fraction of sp³-hybridized carbons (Fsp3) is 0.611. The first-order chi connectivity index (χ1) is 13.1. The van der Waals surface area contributed by atoms with Crippen molar-refractivity contribution in [3.05, 3.63) is 29.8 Å². The summed E-state index contributed by atoms with van der Waals surface area (Å²) in [5.41, 5.74) is -0.886. The lowest BCUT2D eigenvalue weighted by molar-refractivity contribution is -0.137. The average molecular weight is 422 g/mol. The summed E-state index contributed by atoms with van der Waals surface area (Å²) < 4.78 is 70.3. The maximum absolute atomic E-state index is 12.7. The zero-order valence-electron chi connectivity index (χ0n) is 15.8. The highest BCUT2D eigenvalue weighted by Gasteiger charge is 2.34. The van der Waals surface area contributed by atoms with E-state index in [0.29, 0.717) is 32.3 Å². The number of ether oxygens (including phenoxy) is 1. The Morgan fingerprint density at radius 3 is 2.25 bits per heavy atom. The summed E-state index contributed by atoms with van der Waals surface area (Å²) >= 11 is 0. The Hall–Kier alpha value is -1.65. The number of halogens is 3. The number of sulfonamides is 1. The van der Waals surface area contributed by atoms with Crippen molar-refractivity contribution in [1.29, 1.82) is 0 Å². The highest BCUT2D eigenvalue weighted by atomic mass is 32.2. The number of benzene rings is 1. The molecule has 0 aliphatic heterocycles. The van der Waals surface area contributed by atoms with Crippen LogP contribution in [0.15, 0.2) is 29.2 Å². The van der Waals surface area contributed by atoms with Gasteiger partial charge in [0, 0.05) is 26.6 Å². The monoisotopic (exact) mass is 422 g/mol. The average Bonchev–Trinajstić information content (AvgIpc) is 2.67. The first-order valence-electron chi connectivity index (χ1n) is 9.03. The molecule has 0 bridgehead atoms. The first kappa shape index (κ1) is 22.6. The molecule has 1 amide bonds. The Labute approximate surface area is 163 Å². The van der Waals surface area contributed by atoms with Gasteiger partial charge in [-0.05, 0) is 49.9 Å². The van der Waals surface area contributed by atoms with E-state index in [2.05, 4.69) is 5.32 Å². The smallest absolute Gasteiger partial charge is 0.378 e. The van der Waals surface area contributed by atoms with Gasteiger partial charge in [-0.15, -0.1) is 0 Å². The van der Waals surface area contributed by atoms with Crippen LogP contribution in [0.25, 0.3) is 0 Å². The minimum atomic E-state index is -4.51. The van der Waals surface area contributed by atoms with E-state index in [1.54, 1.807) is 7.05 Å². The summed E-state index contributed by atoms with van der Waals surface area (Å²) in [6.45, 7) is 0.314. The van der Waals surface area contributed by atoms with Crippen molar-refractivity contribution in [3.63, 3.8) is 0 Å². The van der Waals surface area contributed by atoms with Crippen LogP contribution in [-0.2, 0) is 25.7 Å². The Kier molecular flexibility index (Phi) is 7.46. The summed E-state index contributed by atoms with van der Waals surface area (Å²) in [6, 6.07) is 3.28. The van der Waals surface area contributed by atoms with Crippen LogP contribution in [0.2, 0.25) is 0 Å². The van der Waals surface area contributed by atoms with Crippen LogP contribution >= 0.6 is 0 Å². The molecule has 0 heterocycles. The number of carbonyl (C=O) groups is 1. The third kappa shape index (κ3) is 5.68. The highest BCUT2D eigenvalue weighted by Crippen LogP contribution is 2.31. The van der Waals surface area contributed by atoms with Crippen molar-refractivity contribution < 1.29 is 31.1 Å². The first-order valence-corrected chi connectivity index (χ1v) is 10.5. The molecule has 1 saturated carbocycles. The van der Waals surface area contributed by atoms with Crippen LogP contribution in [0.3, 0.4) is 0 Å². The minimum absolute atomic E-state index is 0.0249. The summed E-state index contributed by atoms with van der Waals surface area (Å²) in [4.78, 5) is 11.0. The molecule has 6 nitrogen and oxygen atoms in total. The van der Waals surface area contributed by atoms with Gasteiger partial charge >= 0.3 is 6.18 Å². The van der Waals surface area contributed by atoms with Gasteiger partial charge in [0.05, 0.1) is 23.2 Å². The minimum Gasteiger partial charge on any atom is -0.378 e. The van der Waals surface area contributed by atoms with Crippen LogP contribution in [0.4, 0.5) is 13.2 Å². The molecule has 1 aromatic carbocycles. The van der Waals surface area contributed by atoms with Gasteiger partial charge < -0.3 is 10.1 Å². The van der Waals surface area contributed by atoms with E-state index in [0.717, 1.165) is 24.3 Å². The molecule has 10 heteroatoms. The zero-order valence-corrected chi connectivity index (χ0v) is 16.6. The summed E-state index contributed by atoms with van der Waals surface area (Å²) in [7, 11) is -0.873. The van der Waals surface area contributed by atoms with E-state index >= 15 is 0 Å². The van der Waals surface area contributed by atoms with Gasteiger partial charge in [-0.2, -0.15) is 17.5 Å². The predicted octanol–water partition coefficient (Wildman–Crippen LogP) is 2.79. The molecule has 0 spiro atoms. The molecule has 0 unspecified atom stereocenters. The lowest BCUT2D eigenvalue weighted by Gasteiger charge is -2.34. The SMILES string of the molecule is CNC(=O)CCOC1CCC(N(C)S(=O)(=O)c2ccc(C(F)(F)F)cc2)CC1. The molecule has 0 aromatic heterocycles. The maximum Gasteiger partial charge on any atom is 0.416 e. The number of carbonyl (C=O) groups excluding carboxylic acids is 1. The molecule has 1 aliphatic rings. The molecular weight excluding hydrogens is 397 g/mol. The largest absolute Gasteiger partial charge is 0.416 e. The van der Waals surface area contributed by atoms with Gasteiger partial charge in [0.2, 0.25) is 15.9 Å². The van der Waals surface area contributed by atoms with Gasteiger partial charge in [0.25, 0.3) is 0 Å². The fourth-order valence-electron chi connectivity index (χ4n) is 3.20. The van der Waals surface area contributed by atoms with Crippen molar-refractivity contribution in [3.8, 4) is 0 Å². The number of hydrogen-bond donors (Lipinski definition) is 1. The second kappa shape index (κ2) is 9.23. The standard InChI is InChI=1S/C18H25F3N2O4S/c1-22-17(24)11-12-27-15-7-5-14(6-8-15)23(2)28(25,26)16-9-3-13(4-10-16)18(19,20)21/h3-4,9-10,14-15H,5-8,11-12H2,1-2H3,(H,22,24). The molecule has 0 saturated heterocycles. The molecule has 1 aromatic rings. The Bertz CT molecular complexity index is 758. The quantitative estimate of drug-likeness (QED) is 0.733. The van der Waals surface area contributed by atoms with Gasteiger partial charge in [-0.3, -0.25) is 4.79 Å². The summed E-state index contributed by atoms with van der Waals surface area (Å²) in [6.07, 6.45) is -1.77. The molecule has 28 heavy (non-hydrogen) atoms. The molecule has 1 N–H and O–H groups in total. The van der Waals surface area contributed by atoms with Crippen LogP contribution < -0.4 is 5.32 Å². The Morgan fingerprint density at radius 1 is 1.18 bits per heavy atom. The van der Waals surface area contributed by atoms with E-state index in [-0.39, 0.29) is 29.4 Å². The number of hydrogen-bond acceptors (Lipinski definition) is 4. The maximum atomic E-state index is 12.7. The third-order valence-corrected chi connectivity index (χ3v) is 6.90. The number of alkyl halides is 3. The third-order valence-electron chi connectivity index (χ3n) is 4.98. The van der Waals surface area contributed by atoms with Crippen LogP contribution in [0, 0.1) is 0 Å². The topological polar surface area (TPSA) is 75.7 Å². The van der Waals surface area contributed by atoms with Gasteiger partial charge in [-0.25, -0.2) is 8.42 Å². The molecule has 1 aliphatic carbocycles. The van der Waals surface area contributed by atoms with Gasteiger partial charge in [-0.1, -0.05) is 0 Å². The van der Waals surface area contributed by atoms with E-state index < -0.39 is 21.8 Å². The lowest BCUT2D eigenvalue weighted by atomic mass is 9.93. The van der Waals surface area contributed by atoms with Crippen molar-refractivity contribution in [2.24, 2.45) is 0 Å². The van der Waals surface area contributed by atoms with Crippen LogP contribution in [0.5, 0.6) is 0 Å². The lowest BCUT2D eigenvalue weighted by Crippen LogP contribution is -2.40. The molecular formula is C18H25F3N2O4S. The summed E-state index contributed by atoms with van der Waals surface area (Å²) in [5, 5.41) is 2.51. The molecule has 0 radical (unpaired) electrons. The van der Waals surface area contributed by atoms with E-state index in [1.807, 2.05) is 0 Å². The highest BCUT2D eigenvalue weighted by molar-refractivity contribution is 7.89. The zero-order chi connectivity index (χ0) is 20.9. The van der Waals surface area contributed by atoms with Gasteiger partial charge in [0.15, 0.2) is 0 Å². The number of rotatable bonds is 7. The number of nitrogens with zero attached hydrogens (tertiary/aromatic N) is 1. The molecule has 0 atom stereocenters. The normalized spacial score (nSPS) is 20.9. The summed E-state index contributed by atoms with van der Waals surface area (Å²) in [5.74, 6) is -0.101. The second-order valence-electron chi connectivity index (χ2n) is 6.77. The van der Waals surface area contributed by atoms with E-state index in [4.69, 9.17) is 4.74 Å². The number of nitrogens with one attached hydrogen (secondary N) is 1. The number of amides is 1. The Morgan fingerprint density at radius 2 is 1.75 bits per heavy atom. The van der Waals surface area contributed by atoms with Crippen molar-refractivity contribution in [1.82, 2.24) is 9.62 Å². The van der Waals surface area contributed by atoms with Crippen LogP contribution in [0.1, 0.15) is 37.7 Å². The van der Waals surface area contributed by atoms with Gasteiger partial charge in [0.1, 0.15) is 0 Å². The van der Waals surface area contributed by atoms with Crippen LogP contribution in [-0.4, -0.2) is 51.5 Å². The van der Waals surface area contributed by atoms with Crippen molar-refractivity contribution in [2.45, 2.75) is 55.3 Å². The van der Waals surface area contributed by atoms with Crippen molar-refractivity contribution in [2.75, 3.05) is 20.7 Å². The predicted molar refractivity (Wildman–Crippen MR) is 97.1 cm³/mol.